The molecule has 3 N–H and O–H groups in total. The minimum absolute atomic E-state index is 0.179. The molecule has 9 heteroatoms. The maximum Gasteiger partial charge on any atom is 0.410 e. The number of unbranched alkanes of at least 4 members (excludes halogenated alkanes) is 2. The lowest BCUT2D eigenvalue weighted by atomic mass is 10.1. The van der Waals surface area contributed by atoms with Gasteiger partial charge in [-0.05, 0) is 46.5 Å². The van der Waals surface area contributed by atoms with Crippen molar-refractivity contribution in [2.45, 2.75) is 77.4 Å². The van der Waals surface area contributed by atoms with Crippen molar-refractivity contribution in [1.29, 1.82) is 0 Å². The monoisotopic (exact) mass is 370 g/mol. The summed E-state index contributed by atoms with van der Waals surface area (Å²) in [4.78, 5) is 36.3. The Kier molecular flexibility index (Phi) is 9.04. The molecule has 0 bridgehead atoms. The first-order valence-electron chi connectivity index (χ1n) is 8.97. The molecule has 148 valence electrons. The number of nitrogens with one attached hydrogen (secondary N) is 2. The minimum atomic E-state index is -0.548. The summed E-state index contributed by atoms with van der Waals surface area (Å²) in [6.07, 6.45) is 5.33. The number of carbonyl (C=O) groups is 3. The lowest BCUT2D eigenvalue weighted by molar-refractivity contribution is -0.129. The van der Waals surface area contributed by atoms with Crippen LogP contribution in [0.25, 0.3) is 0 Å². The number of hydrazone groups is 1. The molecule has 1 saturated heterocycles. The van der Waals surface area contributed by atoms with Crippen molar-refractivity contribution >= 4 is 24.1 Å². The molecule has 0 aromatic heterocycles. The highest BCUT2D eigenvalue weighted by atomic mass is 16.6. The molecule has 1 aliphatic heterocycles. The van der Waals surface area contributed by atoms with Crippen LogP contribution in [-0.2, 0) is 14.3 Å². The van der Waals surface area contributed by atoms with E-state index in [4.69, 9.17) is 9.94 Å². The smallest absolute Gasteiger partial charge is 0.410 e. The molecule has 1 atom stereocenters. The van der Waals surface area contributed by atoms with Crippen molar-refractivity contribution in [2.24, 2.45) is 5.10 Å². The number of hydrogen-bond donors (Lipinski definition) is 3. The van der Waals surface area contributed by atoms with E-state index in [1.54, 1.807) is 16.6 Å². The Bertz CT molecular complexity index is 516. The van der Waals surface area contributed by atoms with Crippen molar-refractivity contribution < 1.29 is 24.3 Å². The van der Waals surface area contributed by atoms with E-state index in [9.17, 15) is 14.4 Å². The summed E-state index contributed by atoms with van der Waals surface area (Å²) in [5, 5.41) is 12.3. The molecule has 0 radical (unpaired) electrons. The number of hydroxylamine groups is 1. The highest BCUT2D eigenvalue weighted by Gasteiger charge is 2.31. The third-order valence-corrected chi connectivity index (χ3v) is 3.80. The van der Waals surface area contributed by atoms with Gasteiger partial charge in [0.2, 0.25) is 11.8 Å². The van der Waals surface area contributed by atoms with E-state index in [0.29, 0.717) is 32.2 Å². The van der Waals surface area contributed by atoms with E-state index in [1.165, 1.54) is 0 Å². The summed E-state index contributed by atoms with van der Waals surface area (Å²) in [5.74, 6) is -0.639. The molecular formula is C17H30N4O5. The van der Waals surface area contributed by atoms with Crippen LogP contribution in [0.5, 0.6) is 0 Å². The van der Waals surface area contributed by atoms with Crippen molar-refractivity contribution in [3.05, 3.63) is 0 Å². The van der Waals surface area contributed by atoms with Crippen LogP contribution in [0.2, 0.25) is 0 Å². The molecule has 1 heterocycles. The molecular weight excluding hydrogens is 340 g/mol. The van der Waals surface area contributed by atoms with Gasteiger partial charge in [0, 0.05) is 25.6 Å². The van der Waals surface area contributed by atoms with Gasteiger partial charge in [0.15, 0.2) is 0 Å². The molecule has 1 aliphatic rings. The second-order valence-corrected chi connectivity index (χ2v) is 7.29. The molecule has 1 fully saturated rings. The van der Waals surface area contributed by atoms with Crippen LogP contribution < -0.4 is 10.9 Å². The summed E-state index contributed by atoms with van der Waals surface area (Å²) in [6.45, 7) is 6.07. The van der Waals surface area contributed by atoms with Crippen LogP contribution in [0.3, 0.4) is 0 Å². The van der Waals surface area contributed by atoms with Gasteiger partial charge in [-0.25, -0.2) is 15.7 Å². The van der Waals surface area contributed by atoms with Gasteiger partial charge in [0.25, 0.3) is 0 Å². The number of likely N-dealkylation sites (tertiary alicyclic amines) is 1. The van der Waals surface area contributed by atoms with Crippen molar-refractivity contribution in [3.8, 4) is 0 Å². The summed E-state index contributed by atoms with van der Waals surface area (Å²) in [6, 6.07) is -0.179. The average Bonchev–Trinajstić information content (AvgIpc) is 3.01. The number of amides is 3. The second kappa shape index (κ2) is 10.7. The van der Waals surface area contributed by atoms with E-state index in [0.717, 1.165) is 12.8 Å². The molecule has 3 amide bonds. The van der Waals surface area contributed by atoms with E-state index in [2.05, 4.69) is 10.5 Å². The highest BCUT2D eigenvalue weighted by Crippen LogP contribution is 2.19. The number of nitrogens with zero attached hydrogens (tertiary/aromatic N) is 2. The van der Waals surface area contributed by atoms with Gasteiger partial charge >= 0.3 is 6.09 Å². The largest absolute Gasteiger partial charge is 0.444 e. The van der Waals surface area contributed by atoms with Gasteiger partial charge in [0.05, 0.1) is 6.04 Å². The standard InChI is InChI=1S/C17H30N4O5/c1-17(2,3)26-16(24)21-11-7-8-13(21)12-18-19-14(22)9-5-4-6-10-15(23)20-25/h12-13,25H,4-11H2,1-3H3,(H,19,22)(H,20,23)/b18-12+/t13-/m0/s1. The zero-order chi connectivity index (χ0) is 19.6. The summed E-state index contributed by atoms with van der Waals surface area (Å²) in [5.41, 5.74) is 3.48. The van der Waals surface area contributed by atoms with Gasteiger partial charge in [0.1, 0.15) is 5.60 Å². The Morgan fingerprint density at radius 1 is 1.19 bits per heavy atom. The van der Waals surface area contributed by atoms with Gasteiger partial charge in [-0.2, -0.15) is 5.10 Å². The molecule has 0 unspecified atom stereocenters. The van der Waals surface area contributed by atoms with E-state index in [1.807, 2.05) is 20.8 Å². The first kappa shape index (κ1) is 21.9. The molecule has 26 heavy (non-hydrogen) atoms. The molecule has 9 nitrogen and oxygen atoms in total. The van der Waals surface area contributed by atoms with Gasteiger partial charge in [-0.3, -0.25) is 14.8 Å². The maximum atomic E-state index is 12.2. The number of ether oxygens (including phenoxy) is 1. The van der Waals surface area contributed by atoms with Crippen LogP contribution >= 0.6 is 0 Å². The average molecular weight is 370 g/mol. The van der Waals surface area contributed by atoms with Crippen LogP contribution in [0.4, 0.5) is 4.79 Å². The van der Waals surface area contributed by atoms with Gasteiger partial charge in [-0.15, -0.1) is 0 Å². The Morgan fingerprint density at radius 3 is 2.46 bits per heavy atom. The van der Waals surface area contributed by atoms with E-state index in [-0.39, 0.29) is 24.5 Å². The summed E-state index contributed by atoms with van der Waals surface area (Å²) < 4.78 is 5.37. The summed E-state index contributed by atoms with van der Waals surface area (Å²) in [7, 11) is 0. The van der Waals surface area contributed by atoms with E-state index >= 15 is 0 Å². The summed E-state index contributed by atoms with van der Waals surface area (Å²) >= 11 is 0. The zero-order valence-corrected chi connectivity index (χ0v) is 15.8. The molecule has 0 spiro atoms. The Balaban J connectivity index is 2.28. The van der Waals surface area contributed by atoms with E-state index < -0.39 is 11.5 Å². The third-order valence-electron chi connectivity index (χ3n) is 3.80. The van der Waals surface area contributed by atoms with Crippen molar-refractivity contribution in [1.82, 2.24) is 15.8 Å². The molecule has 0 saturated carbocycles. The minimum Gasteiger partial charge on any atom is -0.444 e. The molecule has 0 aromatic carbocycles. The van der Waals surface area contributed by atoms with Crippen LogP contribution in [0, 0.1) is 0 Å². The first-order valence-corrected chi connectivity index (χ1v) is 8.97. The quantitative estimate of drug-likeness (QED) is 0.261. The fourth-order valence-electron chi connectivity index (χ4n) is 2.55. The number of carbonyl (C=O) groups excluding carboxylic acids is 3. The fourth-order valence-corrected chi connectivity index (χ4v) is 2.55. The van der Waals surface area contributed by atoms with Gasteiger partial charge < -0.3 is 9.64 Å². The Labute approximate surface area is 154 Å². The zero-order valence-electron chi connectivity index (χ0n) is 15.8. The lowest BCUT2D eigenvalue weighted by Gasteiger charge is -2.26. The van der Waals surface area contributed by atoms with Crippen LogP contribution in [0.1, 0.15) is 65.7 Å². The third kappa shape index (κ3) is 8.80. The van der Waals surface area contributed by atoms with Crippen molar-refractivity contribution in [3.63, 3.8) is 0 Å². The lowest BCUT2D eigenvalue weighted by Crippen LogP contribution is -2.40. The molecule has 0 aromatic rings. The highest BCUT2D eigenvalue weighted by molar-refractivity contribution is 5.79. The van der Waals surface area contributed by atoms with Crippen molar-refractivity contribution in [2.75, 3.05) is 6.54 Å². The topological polar surface area (TPSA) is 120 Å². The van der Waals surface area contributed by atoms with Crippen LogP contribution in [-0.4, -0.2) is 52.4 Å². The molecule has 1 rings (SSSR count). The first-order chi connectivity index (χ1) is 12.2. The Hall–Kier alpha value is -2.16. The maximum absolute atomic E-state index is 12.2. The predicted octanol–water partition coefficient (Wildman–Crippen LogP) is 1.94. The Morgan fingerprint density at radius 2 is 1.85 bits per heavy atom. The van der Waals surface area contributed by atoms with Gasteiger partial charge in [-0.1, -0.05) is 6.42 Å². The van der Waals surface area contributed by atoms with Crippen LogP contribution in [0.15, 0.2) is 5.10 Å². The second-order valence-electron chi connectivity index (χ2n) is 7.29. The predicted molar refractivity (Wildman–Crippen MR) is 95.6 cm³/mol. The number of rotatable bonds is 8. The molecule has 0 aliphatic carbocycles. The normalized spacial score (nSPS) is 17.4. The SMILES string of the molecule is CC(C)(C)OC(=O)N1CCC[C@H]1/C=N/NC(=O)CCCCCC(=O)NO. The fraction of sp³-hybridized carbons (Fsp3) is 0.765. The number of hydrogen-bond acceptors (Lipinski definition) is 6.